The quantitative estimate of drug-likeness (QED) is 0.747. The van der Waals surface area contributed by atoms with Crippen LogP contribution in [0.25, 0.3) is 0 Å². The molecule has 0 aliphatic carbocycles. The summed E-state index contributed by atoms with van der Waals surface area (Å²) in [6.07, 6.45) is 2.06. The van der Waals surface area contributed by atoms with Gasteiger partial charge in [0.2, 0.25) is 0 Å². The van der Waals surface area contributed by atoms with Gasteiger partial charge in [0, 0.05) is 0 Å². The molecule has 0 aliphatic heterocycles. The van der Waals surface area contributed by atoms with Gasteiger partial charge in [0.1, 0.15) is 0 Å². The summed E-state index contributed by atoms with van der Waals surface area (Å²) in [6, 6.07) is 7.96. The molecule has 0 aliphatic rings. The summed E-state index contributed by atoms with van der Waals surface area (Å²) in [5.41, 5.74) is 2.39. The Bertz CT molecular complexity index is 525. The van der Waals surface area contributed by atoms with Gasteiger partial charge in [-0.05, 0) is 41.7 Å². The van der Waals surface area contributed by atoms with Crippen molar-refractivity contribution in [2.75, 3.05) is 0 Å². The maximum atomic E-state index is 11.2. The predicted octanol–water partition coefficient (Wildman–Crippen LogP) is 4.33. The second-order valence-electron chi connectivity index (χ2n) is 7.45. The topological polar surface area (TPSA) is 74.6 Å². The zero-order valence-electron chi connectivity index (χ0n) is 14.5. The molecule has 0 amide bonds. The Morgan fingerprint density at radius 3 is 2.04 bits per heavy atom. The number of rotatable bonds is 8. The number of carboxylic acid groups (broad SMARTS) is 2. The molecule has 0 bridgehead atoms. The number of hydrogen-bond acceptors (Lipinski definition) is 2. The molecule has 0 aromatic heterocycles. The third-order valence-corrected chi connectivity index (χ3v) is 4.06. The molecule has 0 heterocycles. The highest BCUT2D eigenvalue weighted by atomic mass is 16.4. The fourth-order valence-electron chi connectivity index (χ4n) is 2.91. The lowest BCUT2D eigenvalue weighted by Crippen LogP contribution is -2.20. The van der Waals surface area contributed by atoms with Gasteiger partial charge in [0.05, 0.1) is 12.3 Å². The summed E-state index contributed by atoms with van der Waals surface area (Å²) >= 11 is 0. The van der Waals surface area contributed by atoms with Crippen molar-refractivity contribution < 1.29 is 19.8 Å². The molecule has 0 spiro atoms. The van der Waals surface area contributed by atoms with Crippen LogP contribution >= 0.6 is 0 Å². The smallest absolute Gasteiger partial charge is 0.307 e. The van der Waals surface area contributed by atoms with E-state index < -0.39 is 17.9 Å². The van der Waals surface area contributed by atoms with E-state index >= 15 is 0 Å². The standard InChI is InChI=1S/C19H28O4/c1-5-14(12-19(2,3)4)15-8-6-13(7-9-15)10-16(18(22)23)11-17(20)21/h6-9,14,16H,5,10-12H2,1-4H3,(H,20,21)(H,22,23). The van der Waals surface area contributed by atoms with E-state index in [-0.39, 0.29) is 18.3 Å². The average molecular weight is 320 g/mol. The van der Waals surface area contributed by atoms with Crippen LogP contribution in [-0.2, 0) is 16.0 Å². The maximum absolute atomic E-state index is 11.2. The number of benzene rings is 1. The molecule has 0 radical (unpaired) electrons. The minimum absolute atomic E-state index is 0.248. The molecule has 0 saturated carbocycles. The molecule has 1 aromatic carbocycles. The van der Waals surface area contributed by atoms with Gasteiger partial charge in [-0.1, -0.05) is 52.0 Å². The minimum atomic E-state index is -1.08. The Morgan fingerprint density at radius 2 is 1.65 bits per heavy atom. The fraction of sp³-hybridized carbons (Fsp3) is 0.579. The third kappa shape index (κ3) is 6.85. The van der Waals surface area contributed by atoms with Gasteiger partial charge in [-0.25, -0.2) is 0 Å². The van der Waals surface area contributed by atoms with Crippen LogP contribution in [0, 0.1) is 11.3 Å². The van der Waals surface area contributed by atoms with Gasteiger partial charge in [-0.15, -0.1) is 0 Å². The van der Waals surface area contributed by atoms with Crippen LogP contribution in [0.1, 0.15) is 64.0 Å². The summed E-state index contributed by atoms with van der Waals surface area (Å²) in [7, 11) is 0. The largest absolute Gasteiger partial charge is 0.481 e. The molecule has 2 unspecified atom stereocenters. The zero-order chi connectivity index (χ0) is 17.6. The molecule has 0 saturated heterocycles. The molecular weight excluding hydrogens is 292 g/mol. The Labute approximate surface area is 138 Å². The summed E-state index contributed by atoms with van der Waals surface area (Å²) in [6.45, 7) is 8.87. The fourth-order valence-corrected chi connectivity index (χ4v) is 2.91. The van der Waals surface area contributed by atoms with Crippen LogP contribution in [0.15, 0.2) is 24.3 Å². The average Bonchev–Trinajstić information content (AvgIpc) is 2.43. The van der Waals surface area contributed by atoms with Crippen molar-refractivity contribution in [2.24, 2.45) is 11.3 Å². The molecule has 2 atom stereocenters. The Morgan fingerprint density at radius 1 is 1.09 bits per heavy atom. The van der Waals surface area contributed by atoms with Crippen LogP contribution in [-0.4, -0.2) is 22.2 Å². The normalized spacial score (nSPS) is 14.3. The van der Waals surface area contributed by atoms with Gasteiger partial charge in [0.25, 0.3) is 0 Å². The van der Waals surface area contributed by atoms with Crippen molar-refractivity contribution in [2.45, 2.75) is 59.3 Å². The van der Waals surface area contributed by atoms with E-state index in [9.17, 15) is 9.59 Å². The lowest BCUT2D eigenvalue weighted by Gasteiger charge is -2.25. The summed E-state index contributed by atoms with van der Waals surface area (Å²) in [4.78, 5) is 21.9. The first-order chi connectivity index (χ1) is 10.6. The number of hydrogen-bond donors (Lipinski definition) is 2. The Hall–Kier alpha value is -1.84. The molecule has 23 heavy (non-hydrogen) atoms. The molecule has 0 fully saturated rings. The van der Waals surface area contributed by atoms with E-state index in [0.29, 0.717) is 5.92 Å². The van der Waals surface area contributed by atoms with Gasteiger partial charge in [0.15, 0.2) is 0 Å². The molecule has 4 nitrogen and oxygen atoms in total. The maximum Gasteiger partial charge on any atom is 0.307 e. The Balaban J connectivity index is 2.82. The second kappa shape index (κ2) is 8.14. The number of carboxylic acids is 2. The third-order valence-electron chi connectivity index (χ3n) is 4.06. The predicted molar refractivity (Wildman–Crippen MR) is 90.6 cm³/mol. The van der Waals surface area contributed by atoms with Crippen LogP contribution in [0.3, 0.4) is 0 Å². The van der Waals surface area contributed by atoms with E-state index in [2.05, 4.69) is 39.8 Å². The van der Waals surface area contributed by atoms with Crippen molar-refractivity contribution >= 4 is 11.9 Å². The van der Waals surface area contributed by atoms with Crippen LogP contribution in [0.5, 0.6) is 0 Å². The highest BCUT2D eigenvalue weighted by Gasteiger charge is 2.22. The lowest BCUT2D eigenvalue weighted by molar-refractivity contribution is -0.148. The van der Waals surface area contributed by atoms with Gasteiger partial charge in [-0.2, -0.15) is 0 Å². The highest BCUT2D eigenvalue weighted by molar-refractivity contribution is 5.78. The van der Waals surface area contributed by atoms with Gasteiger partial charge < -0.3 is 10.2 Å². The first-order valence-electron chi connectivity index (χ1n) is 8.15. The monoisotopic (exact) mass is 320 g/mol. The molecule has 128 valence electrons. The van der Waals surface area contributed by atoms with E-state index in [1.165, 1.54) is 5.56 Å². The van der Waals surface area contributed by atoms with Crippen LogP contribution in [0.4, 0.5) is 0 Å². The minimum Gasteiger partial charge on any atom is -0.481 e. The molecule has 2 N–H and O–H groups in total. The number of carbonyl (C=O) groups is 2. The van der Waals surface area contributed by atoms with Crippen LogP contribution in [0.2, 0.25) is 0 Å². The van der Waals surface area contributed by atoms with Gasteiger partial charge in [-0.3, -0.25) is 9.59 Å². The van der Waals surface area contributed by atoms with Crippen molar-refractivity contribution in [3.05, 3.63) is 35.4 Å². The molecule has 4 heteroatoms. The highest BCUT2D eigenvalue weighted by Crippen LogP contribution is 2.33. The zero-order valence-corrected chi connectivity index (χ0v) is 14.5. The van der Waals surface area contributed by atoms with E-state index in [1.54, 1.807) is 0 Å². The molecular formula is C19H28O4. The summed E-state index contributed by atoms with van der Waals surface area (Å²) in [5, 5.41) is 17.9. The summed E-state index contributed by atoms with van der Waals surface area (Å²) < 4.78 is 0. The van der Waals surface area contributed by atoms with E-state index in [4.69, 9.17) is 10.2 Å². The Kier molecular flexibility index (Phi) is 6.79. The summed E-state index contributed by atoms with van der Waals surface area (Å²) in [5.74, 6) is -2.53. The molecule has 1 aromatic rings. The van der Waals surface area contributed by atoms with Crippen LogP contribution < -0.4 is 0 Å². The van der Waals surface area contributed by atoms with E-state index in [1.807, 2.05) is 12.1 Å². The number of aliphatic carboxylic acids is 2. The SMILES string of the molecule is CCC(CC(C)(C)C)c1ccc(CC(CC(=O)O)C(=O)O)cc1. The van der Waals surface area contributed by atoms with Gasteiger partial charge >= 0.3 is 11.9 Å². The first kappa shape index (κ1) is 19.2. The second-order valence-corrected chi connectivity index (χ2v) is 7.45. The van der Waals surface area contributed by atoms with Crippen molar-refractivity contribution in [3.63, 3.8) is 0 Å². The van der Waals surface area contributed by atoms with Crippen molar-refractivity contribution in [1.29, 1.82) is 0 Å². The first-order valence-corrected chi connectivity index (χ1v) is 8.15. The van der Waals surface area contributed by atoms with Crippen molar-refractivity contribution in [1.82, 2.24) is 0 Å². The van der Waals surface area contributed by atoms with E-state index in [0.717, 1.165) is 18.4 Å². The van der Waals surface area contributed by atoms with Crippen molar-refractivity contribution in [3.8, 4) is 0 Å². The molecule has 1 rings (SSSR count). The lowest BCUT2D eigenvalue weighted by atomic mass is 9.80.